The molecular formula is C19H24ClN3O3. The van der Waals surface area contributed by atoms with E-state index in [0.717, 1.165) is 6.42 Å². The first kappa shape index (κ1) is 21.5. The Bertz CT molecular complexity index is 737. The summed E-state index contributed by atoms with van der Waals surface area (Å²) in [6.45, 7) is 3.75. The predicted molar refractivity (Wildman–Crippen MR) is 106 cm³/mol. The van der Waals surface area contributed by atoms with Gasteiger partial charge in [-0.2, -0.15) is 0 Å². The van der Waals surface area contributed by atoms with Gasteiger partial charge in [0.25, 0.3) is 11.8 Å². The van der Waals surface area contributed by atoms with Crippen LogP contribution in [0.2, 0.25) is 0 Å². The van der Waals surface area contributed by atoms with Crippen LogP contribution in [-0.4, -0.2) is 31.6 Å². The molecule has 4 N–H and O–H groups in total. The molecule has 0 heterocycles. The van der Waals surface area contributed by atoms with Crippen LogP contribution in [0.4, 0.5) is 11.4 Å². The molecule has 0 aromatic heterocycles. The molecule has 0 aliphatic carbocycles. The molecule has 0 fully saturated rings. The quantitative estimate of drug-likeness (QED) is 0.486. The number of amides is 2. The van der Waals surface area contributed by atoms with E-state index >= 15 is 0 Å². The van der Waals surface area contributed by atoms with Crippen LogP contribution in [-0.2, 0) is 4.74 Å². The zero-order valence-electron chi connectivity index (χ0n) is 14.7. The van der Waals surface area contributed by atoms with Gasteiger partial charge in [0.2, 0.25) is 0 Å². The molecule has 2 amide bonds. The van der Waals surface area contributed by atoms with Gasteiger partial charge in [-0.1, -0.05) is 18.2 Å². The minimum Gasteiger partial charge on any atom is -0.398 e. The van der Waals surface area contributed by atoms with Crippen LogP contribution in [0.5, 0.6) is 0 Å². The number of hydrogen-bond donors (Lipinski definition) is 3. The molecule has 7 heteroatoms. The molecule has 0 radical (unpaired) electrons. The first-order valence-electron chi connectivity index (χ1n) is 8.23. The molecule has 0 spiro atoms. The van der Waals surface area contributed by atoms with Crippen LogP contribution in [0.15, 0.2) is 48.5 Å². The van der Waals surface area contributed by atoms with Crippen molar-refractivity contribution in [1.29, 1.82) is 0 Å². The number of para-hydroxylation sites is 1. The van der Waals surface area contributed by atoms with Crippen molar-refractivity contribution < 1.29 is 14.3 Å². The van der Waals surface area contributed by atoms with Crippen LogP contribution >= 0.6 is 12.4 Å². The zero-order chi connectivity index (χ0) is 18.1. The second-order valence-corrected chi connectivity index (χ2v) is 5.43. The second-order valence-electron chi connectivity index (χ2n) is 5.43. The Balaban J connectivity index is 0.00000338. The van der Waals surface area contributed by atoms with E-state index in [1.54, 1.807) is 48.5 Å². The molecule has 2 rings (SSSR count). The highest BCUT2D eigenvalue weighted by Crippen LogP contribution is 2.15. The van der Waals surface area contributed by atoms with Gasteiger partial charge in [-0.25, -0.2) is 0 Å². The fourth-order valence-corrected chi connectivity index (χ4v) is 2.26. The van der Waals surface area contributed by atoms with E-state index in [2.05, 4.69) is 10.6 Å². The Morgan fingerprint density at radius 3 is 2.58 bits per heavy atom. The van der Waals surface area contributed by atoms with Crippen molar-refractivity contribution in [2.75, 3.05) is 30.8 Å². The highest BCUT2D eigenvalue weighted by atomic mass is 35.5. The summed E-state index contributed by atoms with van der Waals surface area (Å²) in [7, 11) is 0. The fourth-order valence-electron chi connectivity index (χ4n) is 2.26. The fraction of sp³-hybridized carbons (Fsp3) is 0.263. The predicted octanol–water partition coefficient (Wildman–Crippen LogP) is 3.10. The summed E-state index contributed by atoms with van der Waals surface area (Å²) in [6.07, 6.45) is 0.753. The van der Waals surface area contributed by atoms with Crippen molar-refractivity contribution in [3.8, 4) is 0 Å². The summed E-state index contributed by atoms with van der Waals surface area (Å²) >= 11 is 0. The Labute approximate surface area is 159 Å². The Kier molecular flexibility index (Phi) is 9.19. The molecule has 0 saturated heterocycles. The van der Waals surface area contributed by atoms with Gasteiger partial charge < -0.3 is 21.1 Å². The second kappa shape index (κ2) is 11.1. The number of rotatable bonds is 8. The molecule has 0 aliphatic heterocycles. The molecule has 0 aliphatic rings. The first-order valence-corrected chi connectivity index (χ1v) is 8.23. The smallest absolute Gasteiger partial charge is 0.257 e. The lowest BCUT2D eigenvalue weighted by molar-refractivity contribution is 0.0943. The number of anilines is 2. The maximum Gasteiger partial charge on any atom is 0.257 e. The Hall–Kier alpha value is -2.57. The highest BCUT2D eigenvalue weighted by molar-refractivity contribution is 6.08. The van der Waals surface area contributed by atoms with Gasteiger partial charge in [0.1, 0.15) is 0 Å². The minimum atomic E-state index is -0.313. The monoisotopic (exact) mass is 377 g/mol. The van der Waals surface area contributed by atoms with Gasteiger partial charge in [-0.05, 0) is 43.7 Å². The van der Waals surface area contributed by atoms with Crippen LogP contribution in [0.25, 0.3) is 0 Å². The molecule has 26 heavy (non-hydrogen) atoms. The average molecular weight is 378 g/mol. The number of nitrogen functional groups attached to an aromatic ring is 1. The van der Waals surface area contributed by atoms with Crippen LogP contribution in [0, 0.1) is 0 Å². The Morgan fingerprint density at radius 1 is 1.08 bits per heavy atom. The Morgan fingerprint density at radius 2 is 1.85 bits per heavy atom. The third-order valence-electron chi connectivity index (χ3n) is 3.54. The molecule has 0 bridgehead atoms. The summed E-state index contributed by atoms with van der Waals surface area (Å²) in [5, 5.41) is 5.59. The third-order valence-corrected chi connectivity index (χ3v) is 3.54. The molecule has 6 nitrogen and oxygen atoms in total. The van der Waals surface area contributed by atoms with Crippen molar-refractivity contribution in [3.63, 3.8) is 0 Å². The molecule has 0 unspecified atom stereocenters. The van der Waals surface area contributed by atoms with E-state index in [0.29, 0.717) is 42.3 Å². The highest BCUT2D eigenvalue weighted by Gasteiger charge is 2.11. The van der Waals surface area contributed by atoms with Crippen molar-refractivity contribution in [2.45, 2.75) is 13.3 Å². The van der Waals surface area contributed by atoms with Gasteiger partial charge in [0.05, 0.1) is 5.56 Å². The van der Waals surface area contributed by atoms with E-state index in [1.807, 2.05) is 6.92 Å². The summed E-state index contributed by atoms with van der Waals surface area (Å²) in [6, 6.07) is 13.6. The lowest BCUT2D eigenvalue weighted by Crippen LogP contribution is -2.25. The number of carbonyl (C=O) groups is 2. The molecule has 0 saturated carbocycles. The lowest BCUT2D eigenvalue weighted by Gasteiger charge is -2.09. The zero-order valence-corrected chi connectivity index (χ0v) is 15.5. The summed E-state index contributed by atoms with van der Waals surface area (Å²) in [5.74, 6) is -0.501. The van der Waals surface area contributed by atoms with E-state index in [9.17, 15) is 9.59 Å². The summed E-state index contributed by atoms with van der Waals surface area (Å²) < 4.78 is 5.23. The van der Waals surface area contributed by atoms with E-state index in [-0.39, 0.29) is 24.2 Å². The number of carbonyl (C=O) groups excluding carboxylic acids is 2. The number of hydrogen-bond acceptors (Lipinski definition) is 4. The van der Waals surface area contributed by atoms with Crippen molar-refractivity contribution in [1.82, 2.24) is 5.32 Å². The first-order chi connectivity index (χ1) is 12.1. The normalized spacial score (nSPS) is 9.88. The van der Waals surface area contributed by atoms with Crippen molar-refractivity contribution >= 4 is 35.6 Å². The molecular weight excluding hydrogens is 354 g/mol. The van der Waals surface area contributed by atoms with Gasteiger partial charge in [-0.15, -0.1) is 12.4 Å². The number of ether oxygens (including phenoxy) is 1. The van der Waals surface area contributed by atoms with Crippen molar-refractivity contribution in [3.05, 3.63) is 59.7 Å². The van der Waals surface area contributed by atoms with E-state index < -0.39 is 0 Å². The van der Waals surface area contributed by atoms with Crippen molar-refractivity contribution in [2.24, 2.45) is 0 Å². The lowest BCUT2D eigenvalue weighted by atomic mass is 10.1. The summed E-state index contributed by atoms with van der Waals surface area (Å²) in [4.78, 5) is 24.4. The number of benzene rings is 2. The standard InChI is InChI=1S/C19H23N3O3.ClH/c1-2-25-12-6-11-21-18(23)14-7-5-8-15(13-14)22-19(24)16-9-3-4-10-17(16)20;/h3-5,7-10,13H,2,6,11-12,20H2,1H3,(H,21,23)(H,22,24);1H. The maximum atomic E-state index is 12.3. The molecule has 2 aromatic rings. The van der Waals surface area contributed by atoms with Gasteiger partial charge >= 0.3 is 0 Å². The number of nitrogens with two attached hydrogens (primary N) is 1. The van der Waals surface area contributed by atoms with Gasteiger partial charge in [0.15, 0.2) is 0 Å². The van der Waals surface area contributed by atoms with E-state index in [4.69, 9.17) is 10.5 Å². The SMILES string of the molecule is CCOCCCNC(=O)c1cccc(NC(=O)c2ccccc2N)c1.Cl. The average Bonchev–Trinajstić information content (AvgIpc) is 2.62. The minimum absolute atomic E-state index is 0. The van der Waals surface area contributed by atoms with Gasteiger partial charge in [0, 0.05) is 36.7 Å². The molecule has 0 atom stereocenters. The van der Waals surface area contributed by atoms with Gasteiger partial charge in [-0.3, -0.25) is 9.59 Å². The molecule has 2 aromatic carbocycles. The maximum absolute atomic E-state index is 12.3. The van der Waals surface area contributed by atoms with Crippen LogP contribution < -0.4 is 16.4 Å². The number of nitrogens with one attached hydrogen (secondary N) is 2. The summed E-state index contributed by atoms with van der Waals surface area (Å²) in [5.41, 5.74) is 7.63. The third kappa shape index (κ3) is 6.38. The molecule has 140 valence electrons. The largest absolute Gasteiger partial charge is 0.398 e. The van der Waals surface area contributed by atoms with Crippen LogP contribution in [0.3, 0.4) is 0 Å². The topological polar surface area (TPSA) is 93.5 Å². The number of halogens is 1. The van der Waals surface area contributed by atoms with Crippen LogP contribution in [0.1, 0.15) is 34.1 Å². The van der Waals surface area contributed by atoms with E-state index in [1.165, 1.54) is 0 Å².